The number of hydrogen-bond acceptors (Lipinski definition) is 6. The normalized spacial score (nSPS) is 12.4. The highest BCUT2D eigenvalue weighted by atomic mass is 32.1. The molecule has 5 nitrogen and oxygen atoms in total. The van der Waals surface area contributed by atoms with E-state index in [-0.39, 0.29) is 6.04 Å². The van der Waals surface area contributed by atoms with Crippen LogP contribution in [0.4, 0.5) is 5.82 Å². The molecule has 1 aromatic carbocycles. The second-order valence-corrected chi connectivity index (χ2v) is 6.37. The summed E-state index contributed by atoms with van der Waals surface area (Å²) in [6.45, 7) is 0.472. The molecule has 3 aromatic heterocycles. The second-order valence-electron chi connectivity index (χ2n) is 5.59. The number of methoxy groups -OCH3 is 1. The average Bonchev–Trinajstić information content (AvgIpc) is 3.35. The molecule has 4 rings (SSSR count). The summed E-state index contributed by atoms with van der Waals surface area (Å²) in [5.74, 6) is 2.28. The Morgan fingerprint density at radius 2 is 2.08 bits per heavy atom. The molecule has 0 amide bonds. The number of anilines is 1. The van der Waals surface area contributed by atoms with Gasteiger partial charge in [0, 0.05) is 23.4 Å². The maximum absolute atomic E-state index is 5.55. The summed E-state index contributed by atoms with van der Waals surface area (Å²) in [5, 5.41) is 8.50. The van der Waals surface area contributed by atoms with Gasteiger partial charge >= 0.3 is 0 Å². The highest BCUT2D eigenvalue weighted by Crippen LogP contribution is 2.29. The van der Waals surface area contributed by atoms with E-state index in [1.54, 1.807) is 24.7 Å². The molecular formula is C19H17N3O2S. The van der Waals surface area contributed by atoms with Gasteiger partial charge in [-0.3, -0.25) is 0 Å². The Labute approximate surface area is 149 Å². The third kappa shape index (κ3) is 3.26. The van der Waals surface area contributed by atoms with Gasteiger partial charge in [-0.25, -0.2) is 9.97 Å². The Morgan fingerprint density at radius 3 is 2.84 bits per heavy atom. The lowest BCUT2D eigenvalue weighted by atomic mass is 10.2. The molecule has 0 fully saturated rings. The van der Waals surface area contributed by atoms with Crippen LogP contribution in [0.25, 0.3) is 22.3 Å². The van der Waals surface area contributed by atoms with E-state index in [4.69, 9.17) is 19.1 Å². The van der Waals surface area contributed by atoms with Crippen molar-refractivity contribution in [2.24, 2.45) is 0 Å². The molecule has 0 aliphatic heterocycles. The van der Waals surface area contributed by atoms with Crippen LogP contribution in [-0.2, 0) is 4.74 Å². The highest BCUT2D eigenvalue weighted by Gasteiger charge is 2.17. The second kappa shape index (κ2) is 7.04. The Kier molecular flexibility index (Phi) is 4.45. The van der Waals surface area contributed by atoms with Crippen molar-refractivity contribution < 1.29 is 9.15 Å². The van der Waals surface area contributed by atoms with Crippen molar-refractivity contribution in [2.45, 2.75) is 6.04 Å². The fourth-order valence-electron chi connectivity index (χ4n) is 2.72. The van der Waals surface area contributed by atoms with Crippen LogP contribution < -0.4 is 5.32 Å². The van der Waals surface area contributed by atoms with Crippen LogP contribution in [0.1, 0.15) is 11.8 Å². The number of hydrogen-bond donors (Lipinski definition) is 1. The first kappa shape index (κ1) is 15.8. The Bertz CT molecular complexity index is 952. The van der Waals surface area contributed by atoms with Crippen molar-refractivity contribution in [3.8, 4) is 11.4 Å². The molecule has 0 radical (unpaired) electrons. The van der Waals surface area contributed by atoms with Gasteiger partial charge in [0.25, 0.3) is 0 Å². The van der Waals surface area contributed by atoms with Crippen molar-refractivity contribution >= 4 is 28.1 Å². The molecule has 126 valence electrons. The first-order valence-corrected chi connectivity index (χ1v) is 8.87. The van der Waals surface area contributed by atoms with E-state index >= 15 is 0 Å². The van der Waals surface area contributed by atoms with E-state index in [0.29, 0.717) is 12.4 Å². The molecule has 0 saturated carbocycles. The van der Waals surface area contributed by atoms with Gasteiger partial charge in [0.2, 0.25) is 0 Å². The predicted octanol–water partition coefficient (Wildman–Crippen LogP) is 4.75. The molecule has 0 saturated heterocycles. The molecule has 25 heavy (non-hydrogen) atoms. The third-order valence-corrected chi connectivity index (χ3v) is 4.60. The van der Waals surface area contributed by atoms with Crippen molar-refractivity contribution in [2.75, 3.05) is 19.0 Å². The fourth-order valence-corrected chi connectivity index (χ4v) is 3.36. The zero-order chi connectivity index (χ0) is 17.1. The standard InChI is InChI=1S/C19H17N3O2S/c1-23-11-16(17-7-4-9-24-17)21-19-14-5-2-3-6-15(14)20-18(22-19)13-8-10-25-12-13/h2-10,12,16H,11H2,1H3,(H,20,21,22). The lowest BCUT2D eigenvalue weighted by molar-refractivity contribution is 0.178. The van der Waals surface area contributed by atoms with Gasteiger partial charge in [0.1, 0.15) is 17.6 Å². The zero-order valence-corrected chi connectivity index (χ0v) is 14.5. The largest absolute Gasteiger partial charge is 0.467 e. The maximum Gasteiger partial charge on any atom is 0.162 e. The SMILES string of the molecule is COCC(Nc1nc(-c2ccsc2)nc2ccccc12)c1ccco1. The summed E-state index contributed by atoms with van der Waals surface area (Å²) in [6.07, 6.45) is 1.66. The number of fused-ring (bicyclic) bond motifs is 1. The number of rotatable bonds is 6. The van der Waals surface area contributed by atoms with Gasteiger partial charge in [0.15, 0.2) is 5.82 Å². The lowest BCUT2D eigenvalue weighted by Crippen LogP contribution is -2.17. The fraction of sp³-hybridized carbons (Fsp3) is 0.158. The van der Waals surface area contributed by atoms with Crippen LogP contribution in [0.15, 0.2) is 63.9 Å². The lowest BCUT2D eigenvalue weighted by Gasteiger charge is -2.18. The molecule has 0 bridgehead atoms. The zero-order valence-electron chi connectivity index (χ0n) is 13.7. The number of thiophene rings is 1. The minimum Gasteiger partial charge on any atom is -0.467 e. The summed E-state index contributed by atoms with van der Waals surface area (Å²) in [7, 11) is 1.67. The molecular weight excluding hydrogens is 334 g/mol. The predicted molar refractivity (Wildman–Crippen MR) is 99.8 cm³/mol. The molecule has 1 unspecified atom stereocenters. The molecule has 1 atom stereocenters. The third-order valence-electron chi connectivity index (χ3n) is 3.91. The molecule has 0 aliphatic carbocycles. The van der Waals surface area contributed by atoms with Gasteiger partial charge in [-0.15, -0.1) is 0 Å². The van der Waals surface area contributed by atoms with Crippen molar-refractivity contribution in [1.82, 2.24) is 9.97 Å². The van der Waals surface area contributed by atoms with E-state index in [1.165, 1.54) is 0 Å². The summed E-state index contributed by atoms with van der Waals surface area (Å²) >= 11 is 1.63. The molecule has 1 N–H and O–H groups in total. The van der Waals surface area contributed by atoms with Crippen LogP contribution in [0.2, 0.25) is 0 Å². The Balaban J connectivity index is 1.79. The molecule has 3 heterocycles. The average molecular weight is 351 g/mol. The maximum atomic E-state index is 5.55. The number of nitrogens with zero attached hydrogens (tertiary/aromatic N) is 2. The molecule has 4 aromatic rings. The highest BCUT2D eigenvalue weighted by molar-refractivity contribution is 7.08. The van der Waals surface area contributed by atoms with Gasteiger partial charge in [-0.05, 0) is 35.7 Å². The number of ether oxygens (including phenoxy) is 1. The first-order valence-electron chi connectivity index (χ1n) is 7.93. The van der Waals surface area contributed by atoms with Crippen molar-refractivity contribution in [1.29, 1.82) is 0 Å². The number of aromatic nitrogens is 2. The van der Waals surface area contributed by atoms with E-state index in [1.807, 2.05) is 53.2 Å². The van der Waals surface area contributed by atoms with Crippen LogP contribution in [0, 0.1) is 0 Å². The van der Waals surface area contributed by atoms with Crippen LogP contribution in [0.3, 0.4) is 0 Å². The number of nitrogens with one attached hydrogen (secondary N) is 1. The van der Waals surface area contributed by atoms with Gasteiger partial charge in [0.05, 0.1) is 18.4 Å². The monoisotopic (exact) mass is 351 g/mol. The summed E-state index contributed by atoms with van der Waals surface area (Å²) < 4.78 is 10.9. The number of benzene rings is 1. The summed E-state index contributed by atoms with van der Waals surface area (Å²) in [6, 6.07) is 13.7. The minimum atomic E-state index is -0.131. The van der Waals surface area contributed by atoms with Crippen LogP contribution in [0.5, 0.6) is 0 Å². The molecule has 0 aliphatic rings. The van der Waals surface area contributed by atoms with Gasteiger partial charge in [-0.1, -0.05) is 12.1 Å². The summed E-state index contributed by atoms with van der Waals surface area (Å²) in [4.78, 5) is 9.46. The topological polar surface area (TPSA) is 60.2 Å². The van der Waals surface area contributed by atoms with E-state index in [2.05, 4.69) is 5.32 Å². The quantitative estimate of drug-likeness (QED) is 0.543. The van der Waals surface area contributed by atoms with Crippen molar-refractivity contribution in [3.63, 3.8) is 0 Å². The first-order chi connectivity index (χ1) is 12.3. The van der Waals surface area contributed by atoms with E-state index < -0.39 is 0 Å². The van der Waals surface area contributed by atoms with Crippen molar-refractivity contribution in [3.05, 3.63) is 65.2 Å². The Hall–Kier alpha value is -2.70. The minimum absolute atomic E-state index is 0.131. The number of furan rings is 1. The Morgan fingerprint density at radius 1 is 1.16 bits per heavy atom. The smallest absolute Gasteiger partial charge is 0.162 e. The van der Waals surface area contributed by atoms with Gasteiger partial charge < -0.3 is 14.5 Å². The molecule has 6 heteroatoms. The summed E-state index contributed by atoms with van der Waals surface area (Å²) in [5.41, 5.74) is 1.91. The number of para-hydroxylation sites is 1. The molecule has 0 spiro atoms. The van der Waals surface area contributed by atoms with E-state index in [9.17, 15) is 0 Å². The van der Waals surface area contributed by atoms with Crippen LogP contribution >= 0.6 is 11.3 Å². The van der Waals surface area contributed by atoms with Crippen LogP contribution in [-0.4, -0.2) is 23.7 Å². The van der Waals surface area contributed by atoms with Gasteiger partial charge in [-0.2, -0.15) is 11.3 Å². The van der Waals surface area contributed by atoms with E-state index in [0.717, 1.165) is 28.0 Å².